The Kier molecular flexibility index (Phi) is 38.7. The molecule has 2 N–H and O–H groups in total. The van der Waals surface area contributed by atoms with Crippen LogP contribution < -0.4 is 12.4 Å². The third-order valence-electron chi connectivity index (χ3n) is 9.70. The van der Waals surface area contributed by atoms with Gasteiger partial charge < -0.3 is 60.5 Å². The molecule has 1 radical (unpaired) electrons. The van der Waals surface area contributed by atoms with Crippen LogP contribution in [0.25, 0.3) is 0 Å². The van der Waals surface area contributed by atoms with Crippen molar-refractivity contribution in [3.05, 3.63) is 22.7 Å². The normalized spacial score (nSPS) is 17.5. The minimum absolute atomic E-state index is 0. The first-order valence-corrected chi connectivity index (χ1v) is 24.9. The number of aliphatic hydroxyl groups is 2. The summed E-state index contributed by atoms with van der Waals surface area (Å²) in [6, 6.07) is 0. The van der Waals surface area contributed by atoms with Crippen LogP contribution in [-0.2, 0) is 58.0 Å². The maximum atomic E-state index is 10.3. The maximum Gasteiger partial charge on any atom is 0.131 e. The Balaban J connectivity index is -0.000000841. The van der Waals surface area contributed by atoms with Crippen molar-refractivity contribution in [3.8, 4) is 0 Å². The Morgan fingerprint density at radius 1 is 0.450 bits per heavy atom. The molecule has 0 fully saturated rings. The molecule has 60 heavy (non-hydrogen) atoms. The number of aliphatic imine (C=N–C) groups is 2. The number of halogens is 1. The molecule has 0 spiro atoms. The van der Waals surface area contributed by atoms with Gasteiger partial charge in [-0.25, -0.2) is 0 Å². The summed E-state index contributed by atoms with van der Waals surface area (Å²) in [4.78, 5) is 8.73. The molecule has 0 aliphatic carbocycles. The zero-order valence-corrected chi connectivity index (χ0v) is 44.4. The van der Waals surface area contributed by atoms with Crippen LogP contribution in [0.1, 0.15) is 93.9 Å². The summed E-state index contributed by atoms with van der Waals surface area (Å²) in [6.07, 6.45) is 18.5. The first-order valence-electron chi connectivity index (χ1n) is 21.1. The van der Waals surface area contributed by atoms with E-state index >= 15 is 0 Å². The summed E-state index contributed by atoms with van der Waals surface area (Å²) < 4.78 is 42.4. The number of aliphatic hydroxyl groups excluding tert-OH is 2. The van der Waals surface area contributed by atoms with Gasteiger partial charge in [0.25, 0.3) is 0 Å². The SMILES string of the molecule is CC1(C)OC(C)(C)C(C=NCCN=CC2=C(O)C(C)(C)OC2(C)C)=C1O.COCCCP(CCCOC)CCCOC.COCCCP(CCCOC)CCCOC.[Cl-].[Tc]. The summed E-state index contributed by atoms with van der Waals surface area (Å²) in [6.45, 7) is 21.3. The molecule has 16 heteroatoms. The average Bonchev–Trinajstić information content (AvgIpc) is 3.42. The van der Waals surface area contributed by atoms with Crippen LogP contribution in [0.2, 0.25) is 0 Å². The van der Waals surface area contributed by atoms with Crippen molar-refractivity contribution in [3.63, 3.8) is 0 Å². The Morgan fingerprint density at radius 2 is 0.667 bits per heavy atom. The first-order chi connectivity index (χ1) is 27.4. The molecule has 0 aromatic carbocycles. The van der Waals surface area contributed by atoms with Crippen LogP contribution in [0.4, 0.5) is 0 Å². The number of hydrogen-bond acceptors (Lipinski definition) is 12. The van der Waals surface area contributed by atoms with Gasteiger partial charge in [-0.1, -0.05) is 0 Å². The van der Waals surface area contributed by atoms with E-state index in [2.05, 4.69) is 9.98 Å². The quantitative estimate of drug-likeness (QED) is 0.0515. The van der Waals surface area contributed by atoms with Gasteiger partial charge in [0.1, 0.15) is 22.7 Å². The van der Waals surface area contributed by atoms with Crippen molar-refractivity contribution in [2.75, 3.05) is 132 Å². The van der Waals surface area contributed by atoms with Gasteiger partial charge in [0.05, 0.1) is 24.3 Å². The van der Waals surface area contributed by atoms with Crippen LogP contribution in [0.5, 0.6) is 0 Å². The number of hydrogen-bond donors (Lipinski definition) is 2. The molecule has 2 aliphatic heterocycles. The largest absolute Gasteiger partial charge is 1.00 e. The molecule has 2 aliphatic rings. The van der Waals surface area contributed by atoms with Crippen molar-refractivity contribution in [2.45, 2.75) is 116 Å². The van der Waals surface area contributed by atoms with E-state index in [1.165, 1.54) is 75.5 Å². The molecule has 0 atom stereocenters. The zero-order valence-electron chi connectivity index (χ0n) is 40.0. The van der Waals surface area contributed by atoms with Gasteiger partial charge in [-0.2, -0.15) is 0 Å². The second kappa shape index (κ2) is 36.2. The van der Waals surface area contributed by atoms with Gasteiger partial charge in [0.15, 0.2) is 0 Å². The number of methoxy groups -OCH3 is 6. The second-order valence-corrected chi connectivity index (χ2v) is 22.0. The van der Waals surface area contributed by atoms with E-state index in [0.29, 0.717) is 24.2 Å². The molecule has 0 saturated carbocycles. The third-order valence-corrected chi connectivity index (χ3v) is 15.4. The summed E-state index contributed by atoms with van der Waals surface area (Å²) >= 11 is 0. The van der Waals surface area contributed by atoms with Gasteiger partial charge in [0, 0.05) is 126 Å². The van der Waals surface area contributed by atoms with Crippen LogP contribution in [0.15, 0.2) is 32.6 Å². The summed E-state index contributed by atoms with van der Waals surface area (Å²) in [5.74, 6) is 0.439. The molecule has 2 rings (SSSR count). The predicted octanol–water partition coefficient (Wildman–Crippen LogP) is 6.08. The van der Waals surface area contributed by atoms with E-state index in [0.717, 1.165) is 39.6 Å². The van der Waals surface area contributed by atoms with E-state index in [1.54, 1.807) is 55.1 Å². The fraction of sp³-hybridized carbons (Fsp3) is 0.864. The Bertz CT molecular complexity index is 1070. The monoisotopic (exact) mass is 996 g/mol. The smallest absolute Gasteiger partial charge is 0.131 e. The Hall–Kier alpha value is -0.101. The fourth-order valence-electron chi connectivity index (χ4n) is 6.83. The number of ether oxygens (including phenoxy) is 8. The summed E-state index contributed by atoms with van der Waals surface area (Å²) in [5, 5.41) is 20.6. The molecule has 0 saturated heterocycles. The summed E-state index contributed by atoms with van der Waals surface area (Å²) in [5.41, 5.74) is -1.17. The molecule has 0 amide bonds. The van der Waals surface area contributed by atoms with Gasteiger partial charge >= 0.3 is 0 Å². The van der Waals surface area contributed by atoms with E-state index in [9.17, 15) is 10.2 Å². The molecule has 0 aromatic heterocycles. The number of nitrogens with zero attached hydrogens (tertiary/aromatic N) is 2. The predicted molar refractivity (Wildman–Crippen MR) is 247 cm³/mol. The molecular weight excluding hydrogens is 912 g/mol. The second-order valence-electron chi connectivity index (χ2n) is 16.6. The van der Waals surface area contributed by atoms with Gasteiger partial charge in [-0.15, -0.1) is 15.8 Å². The van der Waals surface area contributed by atoms with Crippen molar-refractivity contribution < 1.29 is 80.6 Å². The van der Waals surface area contributed by atoms with Crippen LogP contribution >= 0.6 is 15.8 Å². The Morgan fingerprint density at radius 3 is 0.833 bits per heavy atom. The van der Waals surface area contributed by atoms with Gasteiger partial charge in [0.2, 0.25) is 0 Å². The van der Waals surface area contributed by atoms with Crippen molar-refractivity contribution in [1.29, 1.82) is 0 Å². The molecule has 0 unspecified atom stereocenters. The first kappa shape index (κ1) is 64.2. The van der Waals surface area contributed by atoms with Gasteiger partial charge in [-0.05, 0) is 131 Å². The van der Waals surface area contributed by atoms with E-state index in [1.807, 2.05) is 55.4 Å². The topological polar surface area (TPSA) is 139 Å². The zero-order chi connectivity index (χ0) is 44.1. The van der Waals surface area contributed by atoms with E-state index < -0.39 is 22.4 Å². The van der Waals surface area contributed by atoms with Crippen LogP contribution in [0.3, 0.4) is 0 Å². The van der Waals surface area contributed by atoms with E-state index in [-0.39, 0.29) is 59.9 Å². The molecule has 12 nitrogen and oxygen atoms in total. The van der Waals surface area contributed by atoms with Crippen molar-refractivity contribution in [1.82, 2.24) is 0 Å². The third kappa shape index (κ3) is 27.3. The standard InChI is InChI=1S/C20H32N2O4.2C12H27O3P.ClH.Tc/c1-17(2)13(15(23)19(5,6)25-17)11-21-9-10-22-12-14-16(24)20(7,8)26-18(14,3)4;2*1-13-7-4-10-16(11-5-8-14-2)12-6-9-15-3;;/h11-12,23-24H,9-10H2,1-8H3;2*4-12H2,1-3H3;1H;/p-1. The molecular formula is C44H86ClN2O10P2Tc-. The summed E-state index contributed by atoms with van der Waals surface area (Å²) in [7, 11) is 11.0. The molecule has 2 heterocycles. The molecule has 357 valence electrons. The maximum absolute atomic E-state index is 10.3. The molecule has 0 bridgehead atoms. The molecule has 0 aromatic rings. The Labute approximate surface area is 388 Å². The average molecular weight is 999 g/mol. The van der Waals surface area contributed by atoms with Crippen LogP contribution in [0, 0.1) is 0 Å². The fourth-order valence-corrected chi connectivity index (χ4v) is 11.6. The number of rotatable bonds is 29. The minimum atomic E-state index is -0.701. The van der Waals surface area contributed by atoms with Crippen LogP contribution in [-0.4, -0.2) is 177 Å². The minimum Gasteiger partial charge on any atom is -1.00 e. The van der Waals surface area contributed by atoms with Crippen molar-refractivity contribution >= 4 is 28.3 Å². The van der Waals surface area contributed by atoms with Crippen molar-refractivity contribution in [2.24, 2.45) is 9.98 Å². The van der Waals surface area contributed by atoms with Gasteiger partial charge in [-0.3, -0.25) is 9.98 Å². The van der Waals surface area contributed by atoms with E-state index in [4.69, 9.17) is 37.9 Å².